The monoisotopic (exact) mass is 406 g/mol. The fourth-order valence-corrected chi connectivity index (χ4v) is 4.62. The molecule has 23 heavy (non-hydrogen) atoms. The number of benzene rings is 2. The van der Waals surface area contributed by atoms with E-state index in [0.29, 0.717) is 11.4 Å². The minimum atomic E-state index is 0.162. The Morgan fingerprint density at radius 2 is 1.74 bits per heavy atom. The topological polar surface area (TPSA) is 62.8 Å². The largest absolute Gasteiger partial charge is 0.506 e. The molecule has 0 aliphatic carbocycles. The lowest BCUT2D eigenvalue weighted by Crippen LogP contribution is -1.89. The van der Waals surface area contributed by atoms with Crippen LogP contribution < -0.4 is 19.2 Å². The summed E-state index contributed by atoms with van der Waals surface area (Å²) in [4.78, 5) is 1.08. The van der Waals surface area contributed by atoms with Gasteiger partial charge in [-0.15, -0.1) is 11.8 Å². The molecule has 0 radical (unpaired) electrons. The van der Waals surface area contributed by atoms with Crippen molar-refractivity contribution >= 4 is 60.2 Å². The van der Waals surface area contributed by atoms with Crippen LogP contribution in [0.1, 0.15) is 0 Å². The number of aromatic hydroxyl groups is 1. The average Bonchev–Trinajstić information content (AvgIpc) is 2.58. The van der Waals surface area contributed by atoms with Gasteiger partial charge in [0.25, 0.3) is 0 Å². The fraction of sp³-hybridized carbons (Fsp3) is 0.0769. The van der Waals surface area contributed by atoms with Crippen molar-refractivity contribution in [1.82, 2.24) is 0 Å². The second-order valence-corrected chi connectivity index (χ2v) is 7.41. The van der Waals surface area contributed by atoms with Gasteiger partial charge in [0.2, 0.25) is 0 Å². The van der Waals surface area contributed by atoms with Crippen molar-refractivity contribution in [2.24, 2.45) is 0 Å². The van der Waals surface area contributed by atoms with Gasteiger partial charge in [0.15, 0.2) is 0 Å². The Morgan fingerprint density at radius 1 is 1.04 bits per heavy atom. The molecule has 0 bridgehead atoms. The minimum absolute atomic E-state index is 0.162. The molecule has 2 rings (SSSR count). The third kappa shape index (κ3) is 4.99. The van der Waals surface area contributed by atoms with E-state index in [1.54, 1.807) is 23.9 Å². The highest BCUT2D eigenvalue weighted by molar-refractivity contribution is 8.03. The number of phenols is 1. The van der Waals surface area contributed by atoms with Crippen molar-refractivity contribution in [1.29, 1.82) is 0 Å². The van der Waals surface area contributed by atoms with E-state index in [1.165, 1.54) is 0 Å². The molecule has 3 N–H and O–H groups in total. The molecule has 0 saturated heterocycles. The molecule has 4 unspecified atom stereocenters. The molecule has 10 heteroatoms. The number of phenolic OH excluding ortho intramolecular Hbond substituents is 1. The lowest BCUT2D eigenvalue weighted by molar-refractivity contribution is 0.475. The standard InChI is InChI=1S/C13H18N2O3P4S/c16-8-3-1-5-10(12(8)14-19)18-22-7-23-11-6-2-4-9(17-21)13(11)15-20/h1-6,14-16,22H,7,19-21H2. The first kappa shape index (κ1) is 18.8. The van der Waals surface area contributed by atoms with Gasteiger partial charge in [0.1, 0.15) is 22.9 Å². The molecule has 2 aromatic carbocycles. The Balaban J connectivity index is 1.95. The van der Waals surface area contributed by atoms with E-state index in [1.807, 2.05) is 24.3 Å². The third-order valence-electron chi connectivity index (χ3n) is 2.88. The molecule has 124 valence electrons. The summed E-state index contributed by atoms with van der Waals surface area (Å²) in [5.41, 5.74) is 2.28. The molecule has 2 aromatic rings. The van der Waals surface area contributed by atoms with Gasteiger partial charge < -0.3 is 24.3 Å². The van der Waals surface area contributed by atoms with Gasteiger partial charge in [0.05, 0.1) is 29.5 Å². The van der Waals surface area contributed by atoms with Gasteiger partial charge in [-0.1, -0.05) is 12.1 Å². The number of rotatable bonds is 8. The zero-order valence-electron chi connectivity index (χ0n) is 12.1. The van der Waals surface area contributed by atoms with E-state index in [9.17, 15) is 5.11 Å². The van der Waals surface area contributed by atoms with Crippen molar-refractivity contribution < 1.29 is 14.2 Å². The van der Waals surface area contributed by atoms with Crippen LogP contribution >= 0.6 is 48.8 Å². The first-order valence-electron chi connectivity index (χ1n) is 6.48. The Morgan fingerprint density at radius 3 is 2.43 bits per heavy atom. The van der Waals surface area contributed by atoms with Crippen LogP contribution in [0.25, 0.3) is 0 Å². The van der Waals surface area contributed by atoms with E-state index < -0.39 is 0 Å². The number of hydrogen-bond acceptors (Lipinski definition) is 6. The predicted octanol–water partition coefficient (Wildman–Crippen LogP) is 4.69. The number of thioether (sulfide) groups is 1. The molecule has 4 atom stereocenters. The van der Waals surface area contributed by atoms with Crippen molar-refractivity contribution in [3.8, 4) is 17.2 Å². The maximum absolute atomic E-state index is 9.77. The molecule has 0 aliphatic rings. The summed E-state index contributed by atoms with van der Waals surface area (Å²) in [6.45, 7) is 0. The lowest BCUT2D eigenvalue weighted by Gasteiger charge is -2.14. The van der Waals surface area contributed by atoms with Gasteiger partial charge in [-0.3, -0.25) is 0 Å². The van der Waals surface area contributed by atoms with Gasteiger partial charge in [-0.25, -0.2) is 0 Å². The molecule has 0 saturated carbocycles. The Bertz CT molecular complexity index is 663. The van der Waals surface area contributed by atoms with E-state index in [2.05, 4.69) is 38.4 Å². The average molecular weight is 406 g/mol. The quantitative estimate of drug-likeness (QED) is 0.256. The van der Waals surface area contributed by atoms with Crippen molar-refractivity contribution in [3.63, 3.8) is 0 Å². The number of anilines is 2. The zero-order valence-corrected chi connectivity index (χ0v) is 17.4. The molecule has 0 amide bonds. The molecule has 0 fully saturated rings. The van der Waals surface area contributed by atoms with Crippen LogP contribution in [0.2, 0.25) is 0 Å². The Kier molecular flexibility index (Phi) is 7.96. The summed E-state index contributed by atoms with van der Waals surface area (Å²) >= 11 is 1.67. The maximum atomic E-state index is 9.77. The van der Waals surface area contributed by atoms with Crippen molar-refractivity contribution in [2.75, 3.05) is 15.7 Å². The third-order valence-corrected chi connectivity index (χ3v) is 5.77. The summed E-state index contributed by atoms with van der Waals surface area (Å²) in [6.07, 6.45) is 0. The smallest absolute Gasteiger partial charge is 0.150 e. The van der Waals surface area contributed by atoms with Crippen molar-refractivity contribution in [2.45, 2.75) is 4.90 Å². The molecule has 0 aliphatic heterocycles. The SMILES string of the molecule is Oc1cccc(OPCSc2cccc(OP)c2NP)c1NP. The predicted molar refractivity (Wildman–Crippen MR) is 111 cm³/mol. The summed E-state index contributed by atoms with van der Waals surface area (Å²) in [7, 11) is 7.35. The molecule has 0 aromatic heterocycles. The van der Waals surface area contributed by atoms with E-state index in [0.717, 1.165) is 21.8 Å². The summed E-state index contributed by atoms with van der Waals surface area (Å²) < 4.78 is 11.0. The molecular formula is C13H18N2O3P4S. The fourth-order valence-electron chi connectivity index (χ4n) is 1.84. The van der Waals surface area contributed by atoms with Gasteiger partial charge >= 0.3 is 0 Å². The molecule has 0 spiro atoms. The summed E-state index contributed by atoms with van der Waals surface area (Å²) in [5.74, 6) is 1.56. The second kappa shape index (κ2) is 9.72. The molecule has 5 nitrogen and oxygen atoms in total. The van der Waals surface area contributed by atoms with Gasteiger partial charge in [-0.2, -0.15) is 0 Å². The van der Waals surface area contributed by atoms with Crippen LogP contribution in [0.5, 0.6) is 17.2 Å². The summed E-state index contributed by atoms with van der Waals surface area (Å²) in [5, 5.41) is 15.7. The van der Waals surface area contributed by atoms with E-state index in [-0.39, 0.29) is 14.6 Å². The summed E-state index contributed by atoms with van der Waals surface area (Å²) in [6, 6.07) is 11.1. The van der Waals surface area contributed by atoms with Crippen molar-refractivity contribution in [3.05, 3.63) is 36.4 Å². The maximum Gasteiger partial charge on any atom is 0.150 e. The number of nitrogens with one attached hydrogen (secondary N) is 2. The normalized spacial score (nSPS) is 10.7. The van der Waals surface area contributed by atoms with Crippen LogP contribution in [-0.4, -0.2) is 10.6 Å². The number of para-hydroxylation sites is 2. The highest BCUT2D eigenvalue weighted by Gasteiger charge is 2.09. The molecular weight excluding hydrogens is 388 g/mol. The first-order valence-corrected chi connectivity index (χ1v) is 10.2. The van der Waals surface area contributed by atoms with Crippen LogP contribution in [0.15, 0.2) is 41.3 Å². The van der Waals surface area contributed by atoms with E-state index >= 15 is 0 Å². The van der Waals surface area contributed by atoms with Crippen LogP contribution in [0, 0.1) is 0 Å². The Labute approximate surface area is 148 Å². The first-order chi connectivity index (χ1) is 11.2. The van der Waals surface area contributed by atoms with E-state index in [4.69, 9.17) is 9.05 Å². The minimum Gasteiger partial charge on any atom is -0.506 e. The van der Waals surface area contributed by atoms with Crippen LogP contribution in [0.4, 0.5) is 11.4 Å². The second-order valence-electron chi connectivity index (χ2n) is 4.22. The van der Waals surface area contributed by atoms with Gasteiger partial charge in [-0.05, 0) is 43.0 Å². The Hall–Kier alpha value is -0.490. The van der Waals surface area contributed by atoms with Crippen LogP contribution in [0.3, 0.4) is 0 Å². The van der Waals surface area contributed by atoms with Crippen LogP contribution in [-0.2, 0) is 0 Å². The lowest BCUT2D eigenvalue weighted by atomic mass is 10.3. The molecule has 0 heterocycles. The zero-order chi connectivity index (χ0) is 16.7. The highest BCUT2D eigenvalue weighted by atomic mass is 32.2. The number of hydrogen-bond donors (Lipinski definition) is 3. The highest BCUT2D eigenvalue weighted by Crippen LogP contribution is 2.41. The van der Waals surface area contributed by atoms with Gasteiger partial charge in [0, 0.05) is 4.90 Å².